The third kappa shape index (κ3) is 4.20. The number of nitrogens with zero attached hydrogens (tertiary/aromatic N) is 1. The van der Waals surface area contributed by atoms with Crippen molar-refractivity contribution >= 4 is 6.03 Å². The quantitative estimate of drug-likeness (QED) is 0.844. The maximum absolute atomic E-state index is 12.3. The number of urea groups is 1. The molecule has 2 heterocycles. The van der Waals surface area contributed by atoms with E-state index < -0.39 is 0 Å². The molecule has 1 aromatic carbocycles. The molecule has 0 aromatic heterocycles. The van der Waals surface area contributed by atoms with Crippen LogP contribution in [0.1, 0.15) is 31.2 Å². The second-order valence-corrected chi connectivity index (χ2v) is 6.98. The van der Waals surface area contributed by atoms with Crippen molar-refractivity contribution in [1.82, 2.24) is 10.2 Å². The number of hydrogen-bond acceptors (Lipinski definition) is 3. The van der Waals surface area contributed by atoms with Crippen LogP contribution >= 0.6 is 0 Å². The van der Waals surface area contributed by atoms with Crippen LogP contribution in [0.15, 0.2) is 24.3 Å². The molecule has 0 aliphatic carbocycles. The monoisotopic (exact) mass is 332 g/mol. The van der Waals surface area contributed by atoms with Crippen LogP contribution in [0.25, 0.3) is 0 Å². The summed E-state index contributed by atoms with van der Waals surface area (Å²) in [7, 11) is 0. The molecular weight excluding hydrogens is 304 g/mol. The van der Waals surface area contributed by atoms with Gasteiger partial charge in [0.05, 0.1) is 6.61 Å². The Balaban J connectivity index is 1.34. The Morgan fingerprint density at radius 1 is 1.29 bits per heavy atom. The fourth-order valence-electron chi connectivity index (χ4n) is 3.60. The van der Waals surface area contributed by atoms with Crippen LogP contribution in [0.5, 0.6) is 5.75 Å². The summed E-state index contributed by atoms with van der Waals surface area (Å²) in [6, 6.07) is 8.06. The van der Waals surface area contributed by atoms with Crippen molar-refractivity contribution < 1.29 is 14.3 Å². The summed E-state index contributed by atoms with van der Waals surface area (Å²) in [5.74, 6) is 0.921. The largest absolute Gasteiger partial charge is 0.493 e. The summed E-state index contributed by atoms with van der Waals surface area (Å²) in [6.45, 7) is 6.73. The summed E-state index contributed by atoms with van der Waals surface area (Å²) >= 11 is 0. The topological polar surface area (TPSA) is 50.8 Å². The van der Waals surface area contributed by atoms with Gasteiger partial charge in [0, 0.05) is 32.8 Å². The Bertz CT molecular complexity index is 555. The smallest absolute Gasteiger partial charge is 0.317 e. The zero-order chi connectivity index (χ0) is 16.8. The third-order valence-corrected chi connectivity index (χ3v) is 5.23. The highest BCUT2D eigenvalue weighted by atomic mass is 16.5. The number of ether oxygens (including phenoxy) is 2. The van der Waals surface area contributed by atoms with Gasteiger partial charge in [0.2, 0.25) is 0 Å². The SMILES string of the molecule is Cc1ccccc1OCCCNC(=O)N1CCC2(CCOCC2)C1. The van der Waals surface area contributed by atoms with E-state index in [0.29, 0.717) is 18.6 Å². The zero-order valence-electron chi connectivity index (χ0n) is 14.6. The van der Waals surface area contributed by atoms with Crippen molar-refractivity contribution in [2.45, 2.75) is 32.6 Å². The molecule has 0 unspecified atom stereocenters. The molecule has 5 nitrogen and oxygen atoms in total. The van der Waals surface area contributed by atoms with Crippen LogP contribution in [0.2, 0.25) is 0 Å². The molecule has 132 valence electrons. The highest BCUT2D eigenvalue weighted by Gasteiger charge is 2.40. The number of amides is 2. The molecular formula is C19H28N2O3. The summed E-state index contributed by atoms with van der Waals surface area (Å²) < 4.78 is 11.2. The predicted octanol–water partition coefficient (Wildman–Crippen LogP) is 2.98. The van der Waals surface area contributed by atoms with E-state index >= 15 is 0 Å². The van der Waals surface area contributed by atoms with Crippen molar-refractivity contribution in [3.05, 3.63) is 29.8 Å². The fraction of sp³-hybridized carbons (Fsp3) is 0.632. The first-order chi connectivity index (χ1) is 11.7. The molecule has 1 aromatic rings. The van der Waals surface area contributed by atoms with Crippen LogP contribution in [-0.4, -0.2) is 50.4 Å². The molecule has 3 rings (SSSR count). The molecule has 0 bridgehead atoms. The van der Waals surface area contributed by atoms with Gasteiger partial charge in [-0.3, -0.25) is 0 Å². The maximum atomic E-state index is 12.3. The van der Waals surface area contributed by atoms with Crippen molar-refractivity contribution in [3.63, 3.8) is 0 Å². The van der Waals surface area contributed by atoms with Crippen molar-refractivity contribution in [1.29, 1.82) is 0 Å². The average molecular weight is 332 g/mol. The van der Waals surface area contributed by atoms with Gasteiger partial charge in [-0.25, -0.2) is 4.79 Å². The lowest BCUT2D eigenvalue weighted by atomic mass is 9.80. The minimum Gasteiger partial charge on any atom is -0.493 e. The van der Waals surface area contributed by atoms with E-state index in [1.165, 1.54) is 0 Å². The summed E-state index contributed by atoms with van der Waals surface area (Å²) in [6.07, 6.45) is 4.09. The number of carbonyl (C=O) groups is 1. The molecule has 24 heavy (non-hydrogen) atoms. The standard InChI is InChI=1S/C19H28N2O3/c1-16-5-2-3-6-17(16)24-12-4-10-20-18(22)21-11-7-19(15-21)8-13-23-14-9-19/h2-3,5-6H,4,7-15H2,1H3,(H,20,22). The Kier molecular flexibility index (Phi) is 5.61. The maximum Gasteiger partial charge on any atom is 0.317 e. The van der Waals surface area contributed by atoms with Crippen molar-refractivity contribution in [3.8, 4) is 5.75 Å². The summed E-state index contributed by atoms with van der Waals surface area (Å²) in [4.78, 5) is 14.3. The Morgan fingerprint density at radius 3 is 2.88 bits per heavy atom. The molecule has 2 aliphatic rings. The van der Waals surface area contributed by atoms with Gasteiger partial charge < -0.3 is 19.7 Å². The molecule has 1 N–H and O–H groups in total. The second-order valence-electron chi connectivity index (χ2n) is 6.98. The molecule has 2 amide bonds. The van der Waals surface area contributed by atoms with Crippen LogP contribution in [0.4, 0.5) is 4.79 Å². The van der Waals surface area contributed by atoms with E-state index in [-0.39, 0.29) is 6.03 Å². The first-order valence-corrected chi connectivity index (χ1v) is 8.98. The lowest BCUT2D eigenvalue weighted by Crippen LogP contribution is -2.41. The van der Waals surface area contributed by atoms with Gasteiger partial charge in [0.15, 0.2) is 0 Å². The van der Waals surface area contributed by atoms with E-state index in [2.05, 4.69) is 5.32 Å². The third-order valence-electron chi connectivity index (χ3n) is 5.23. The Labute approximate surface area is 144 Å². The lowest BCUT2D eigenvalue weighted by Gasteiger charge is -2.33. The van der Waals surface area contributed by atoms with Gasteiger partial charge in [-0.05, 0) is 49.7 Å². The van der Waals surface area contributed by atoms with Crippen molar-refractivity contribution in [2.75, 3.05) is 39.5 Å². The van der Waals surface area contributed by atoms with Gasteiger partial charge in [-0.15, -0.1) is 0 Å². The number of hydrogen-bond donors (Lipinski definition) is 1. The molecule has 0 radical (unpaired) electrons. The number of rotatable bonds is 5. The van der Waals surface area contributed by atoms with Crippen LogP contribution in [0.3, 0.4) is 0 Å². The van der Waals surface area contributed by atoms with Crippen LogP contribution < -0.4 is 10.1 Å². The van der Waals surface area contributed by atoms with Gasteiger partial charge in [0.1, 0.15) is 5.75 Å². The molecule has 0 atom stereocenters. The fourth-order valence-corrected chi connectivity index (χ4v) is 3.60. The van der Waals surface area contributed by atoms with Gasteiger partial charge in [-0.2, -0.15) is 0 Å². The first-order valence-electron chi connectivity index (χ1n) is 8.98. The van der Waals surface area contributed by atoms with E-state index in [0.717, 1.165) is 63.3 Å². The van der Waals surface area contributed by atoms with Crippen molar-refractivity contribution in [2.24, 2.45) is 5.41 Å². The Morgan fingerprint density at radius 2 is 2.08 bits per heavy atom. The molecule has 2 aliphatic heterocycles. The second kappa shape index (κ2) is 7.88. The number of aryl methyl sites for hydroxylation is 1. The summed E-state index contributed by atoms with van der Waals surface area (Å²) in [5.41, 5.74) is 1.45. The van der Waals surface area contributed by atoms with E-state index in [9.17, 15) is 4.79 Å². The number of benzene rings is 1. The van der Waals surface area contributed by atoms with Gasteiger partial charge >= 0.3 is 6.03 Å². The highest BCUT2D eigenvalue weighted by molar-refractivity contribution is 5.74. The van der Waals surface area contributed by atoms with E-state index in [4.69, 9.17) is 9.47 Å². The normalized spacial score (nSPS) is 19.5. The average Bonchev–Trinajstić information content (AvgIpc) is 3.00. The van der Waals surface area contributed by atoms with Gasteiger partial charge in [0.25, 0.3) is 0 Å². The number of para-hydroxylation sites is 1. The van der Waals surface area contributed by atoms with Crippen LogP contribution in [0, 0.1) is 12.3 Å². The number of carbonyl (C=O) groups excluding carboxylic acids is 1. The lowest BCUT2D eigenvalue weighted by molar-refractivity contribution is 0.0209. The minimum absolute atomic E-state index is 0.0641. The minimum atomic E-state index is 0.0641. The zero-order valence-corrected chi connectivity index (χ0v) is 14.6. The number of likely N-dealkylation sites (tertiary alicyclic amines) is 1. The summed E-state index contributed by atoms with van der Waals surface area (Å²) in [5, 5.41) is 3.02. The molecule has 2 fully saturated rings. The van der Waals surface area contributed by atoms with E-state index in [1.807, 2.05) is 36.1 Å². The molecule has 0 saturated carbocycles. The van der Waals surface area contributed by atoms with Crippen LogP contribution in [-0.2, 0) is 4.74 Å². The molecule has 5 heteroatoms. The predicted molar refractivity (Wildman–Crippen MR) is 93.4 cm³/mol. The first kappa shape index (κ1) is 17.1. The highest BCUT2D eigenvalue weighted by Crippen LogP contribution is 2.39. The van der Waals surface area contributed by atoms with E-state index in [1.54, 1.807) is 0 Å². The molecule has 2 saturated heterocycles. The molecule has 1 spiro atoms. The van der Waals surface area contributed by atoms with Gasteiger partial charge in [-0.1, -0.05) is 18.2 Å². The number of nitrogens with one attached hydrogen (secondary N) is 1. The Hall–Kier alpha value is -1.75.